The molecule has 2 fully saturated rings. The van der Waals surface area contributed by atoms with E-state index in [9.17, 15) is 26.4 Å². The summed E-state index contributed by atoms with van der Waals surface area (Å²) in [6, 6.07) is 12.3. The Hall–Kier alpha value is -3.32. The molecule has 4 rings (SSSR count). The summed E-state index contributed by atoms with van der Waals surface area (Å²) < 4.78 is 60.7. The lowest BCUT2D eigenvalue weighted by Crippen LogP contribution is -2.45. The molecule has 0 spiro atoms. The van der Waals surface area contributed by atoms with Crippen molar-refractivity contribution in [2.45, 2.75) is 57.0 Å². The van der Waals surface area contributed by atoms with E-state index in [1.807, 2.05) is 23.1 Å². The van der Waals surface area contributed by atoms with Gasteiger partial charge in [-0.15, -0.1) is 0 Å². The molecular formula is C29H39F3N4O5S. The molecule has 0 atom stereocenters. The van der Waals surface area contributed by atoms with E-state index < -0.39 is 22.2 Å². The predicted molar refractivity (Wildman–Crippen MR) is 155 cm³/mol. The number of hydrogen-bond acceptors (Lipinski definition) is 6. The van der Waals surface area contributed by atoms with Gasteiger partial charge in [0.15, 0.2) is 0 Å². The van der Waals surface area contributed by atoms with Gasteiger partial charge in [0.05, 0.1) is 10.5 Å². The lowest BCUT2D eigenvalue weighted by Gasteiger charge is -2.34. The number of piperazine rings is 1. The van der Waals surface area contributed by atoms with E-state index in [0.717, 1.165) is 63.4 Å². The number of nitrogens with one attached hydrogen (secondary N) is 2. The van der Waals surface area contributed by atoms with Crippen LogP contribution in [0.15, 0.2) is 47.4 Å². The molecule has 0 saturated carbocycles. The number of carbonyl (C=O) groups is 2. The molecule has 2 aliphatic heterocycles. The molecule has 2 aliphatic rings. The molecule has 0 aromatic heterocycles. The van der Waals surface area contributed by atoms with E-state index in [0.29, 0.717) is 17.2 Å². The number of sulfonamides is 1. The van der Waals surface area contributed by atoms with Gasteiger partial charge in [-0.3, -0.25) is 9.52 Å². The van der Waals surface area contributed by atoms with Gasteiger partial charge in [0, 0.05) is 50.6 Å². The second kappa shape index (κ2) is 13.3. The third-order valence-electron chi connectivity index (χ3n) is 7.28. The van der Waals surface area contributed by atoms with Crippen LogP contribution in [0.3, 0.4) is 0 Å². The average molecular weight is 613 g/mol. The van der Waals surface area contributed by atoms with Crippen LogP contribution >= 0.6 is 0 Å². The Kier molecular flexibility index (Phi) is 10.5. The first-order valence-corrected chi connectivity index (χ1v) is 15.3. The molecule has 2 heterocycles. The number of amides is 1. The van der Waals surface area contributed by atoms with Gasteiger partial charge < -0.3 is 20.2 Å². The highest BCUT2D eigenvalue weighted by molar-refractivity contribution is 7.92. The van der Waals surface area contributed by atoms with Crippen molar-refractivity contribution in [2.24, 2.45) is 5.92 Å². The summed E-state index contributed by atoms with van der Waals surface area (Å²) in [7, 11) is -3.79. The van der Waals surface area contributed by atoms with Crippen LogP contribution in [-0.2, 0) is 20.2 Å². The SMILES string of the molecule is CC1CCN(C(=O)c2cc(NS(=O)(=O)c3ccc(C(C)(C)C)cc3)ccc2N2CCNCC2)CC1.O=C(O)C(F)(F)F. The maximum absolute atomic E-state index is 13.6. The van der Waals surface area contributed by atoms with Crippen LogP contribution in [0.5, 0.6) is 0 Å². The van der Waals surface area contributed by atoms with Crippen molar-refractivity contribution in [3.63, 3.8) is 0 Å². The van der Waals surface area contributed by atoms with Crippen LogP contribution < -0.4 is 14.9 Å². The van der Waals surface area contributed by atoms with Gasteiger partial charge in [-0.25, -0.2) is 13.2 Å². The molecule has 0 unspecified atom stereocenters. The van der Waals surface area contributed by atoms with Crippen molar-refractivity contribution < 1.29 is 36.3 Å². The highest BCUT2D eigenvalue weighted by atomic mass is 32.2. The second-order valence-electron chi connectivity index (χ2n) is 11.6. The summed E-state index contributed by atoms with van der Waals surface area (Å²) in [5.41, 5.74) is 2.84. The molecule has 2 saturated heterocycles. The molecular weight excluding hydrogens is 573 g/mol. The van der Waals surface area contributed by atoms with Gasteiger partial charge in [-0.1, -0.05) is 39.8 Å². The predicted octanol–water partition coefficient (Wildman–Crippen LogP) is 4.70. The largest absolute Gasteiger partial charge is 0.490 e. The van der Waals surface area contributed by atoms with Gasteiger partial charge in [-0.05, 0) is 60.1 Å². The zero-order chi connectivity index (χ0) is 31.3. The average Bonchev–Trinajstić information content (AvgIpc) is 2.93. The minimum atomic E-state index is -5.08. The number of rotatable bonds is 5. The monoisotopic (exact) mass is 612 g/mol. The molecule has 0 aliphatic carbocycles. The quantitative estimate of drug-likeness (QED) is 0.448. The lowest BCUT2D eigenvalue weighted by molar-refractivity contribution is -0.192. The highest BCUT2D eigenvalue weighted by Gasteiger charge is 2.38. The fourth-order valence-electron chi connectivity index (χ4n) is 4.68. The minimum absolute atomic E-state index is 0.0268. The summed E-state index contributed by atoms with van der Waals surface area (Å²) in [5.74, 6) is -2.16. The molecule has 9 nitrogen and oxygen atoms in total. The Bertz CT molecular complexity index is 1340. The van der Waals surface area contributed by atoms with Crippen LogP contribution in [0.1, 0.15) is 56.5 Å². The van der Waals surface area contributed by atoms with E-state index in [2.05, 4.69) is 42.6 Å². The van der Waals surface area contributed by atoms with E-state index in [4.69, 9.17) is 9.90 Å². The molecule has 232 valence electrons. The zero-order valence-corrected chi connectivity index (χ0v) is 25.1. The first kappa shape index (κ1) is 33.2. The Labute approximate surface area is 245 Å². The topological polar surface area (TPSA) is 119 Å². The second-order valence-corrected chi connectivity index (χ2v) is 13.3. The number of hydrogen-bond donors (Lipinski definition) is 3. The fraction of sp³-hybridized carbons (Fsp3) is 0.517. The number of aliphatic carboxylic acids is 1. The number of alkyl halides is 3. The van der Waals surface area contributed by atoms with Crippen LogP contribution in [-0.4, -0.2) is 75.7 Å². The third kappa shape index (κ3) is 8.84. The molecule has 1 amide bonds. The summed E-state index contributed by atoms with van der Waals surface area (Å²) in [5, 5.41) is 10.5. The first-order valence-electron chi connectivity index (χ1n) is 13.8. The van der Waals surface area contributed by atoms with E-state index in [1.165, 1.54) is 0 Å². The Morgan fingerprint density at radius 1 is 0.952 bits per heavy atom. The van der Waals surface area contributed by atoms with E-state index in [-0.39, 0.29) is 16.2 Å². The number of nitrogens with zero attached hydrogens (tertiary/aromatic N) is 2. The van der Waals surface area contributed by atoms with Crippen molar-refractivity contribution in [1.29, 1.82) is 0 Å². The molecule has 2 aromatic rings. The molecule has 0 bridgehead atoms. The van der Waals surface area contributed by atoms with Gasteiger partial charge in [0.25, 0.3) is 15.9 Å². The lowest BCUT2D eigenvalue weighted by atomic mass is 9.87. The normalized spacial score (nSPS) is 16.8. The third-order valence-corrected chi connectivity index (χ3v) is 8.68. The summed E-state index contributed by atoms with van der Waals surface area (Å²) in [4.78, 5) is 26.8. The van der Waals surface area contributed by atoms with E-state index in [1.54, 1.807) is 24.3 Å². The smallest absolute Gasteiger partial charge is 0.475 e. The van der Waals surface area contributed by atoms with Crippen LogP contribution in [0.4, 0.5) is 24.5 Å². The first-order chi connectivity index (χ1) is 19.5. The molecule has 0 radical (unpaired) electrons. The van der Waals surface area contributed by atoms with Gasteiger partial charge in [0.2, 0.25) is 0 Å². The number of anilines is 2. The van der Waals surface area contributed by atoms with Crippen molar-refractivity contribution in [3.05, 3.63) is 53.6 Å². The number of carbonyl (C=O) groups excluding carboxylic acids is 1. The molecule has 42 heavy (non-hydrogen) atoms. The Morgan fingerprint density at radius 2 is 1.50 bits per heavy atom. The van der Waals surface area contributed by atoms with Crippen LogP contribution in [0, 0.1) is 5.92 Å². The van der Waals surface area contributed by atoms with Crippen molar-refractivity contribution in [2.75, 3.05) is 48.9 Å². The summed E-state index contributed by atoms with van der Waals surface area (Å²) >= 11 is 0. The van der Waals surface area contributed by atoms with Gasteiger partial charge in [-0.2, -0.15) is 13.2 Å². The number of likely N-dealkylation sites (tertiary alicyclic amines) is 1. The maximum Gasteiger partial charge on any atom is 0.490 e. The minimum Gasteiger partial charge on any atom is -0.475 e. The maximum atomic E-state index is 13.6. The van der Waals surface area contributed by atoms with Crippen LogP contribution in [0.2, 0.25) is 0 Å². The number of benzene rings is 2. The van der Waals surface area contributed by atoms with E-state index >= 15 is 0 Å². The summed E-state index contributed by atoms with van der Waals surface area (Å²) in [6.07, 6.45) is -3.10. The highest BCUT2D eigenvalue weighted by Crippen LogP contribution is 2.30. The summed E-state index contributed by atoms with van der Waals surface area (Å²) in [6.45, 7) is 13.3. The Morgan fingerprint density at radius 3 is 2.00 bits per heavy atom. The number of piperidine rings is 1. The van der Waals surface area contributed by atoms with Gasteiger partial charge in [0.1, 0.15) is 0 Å². The molecule has 3 N–H and O–H groups in total. The number of carboxylic acids is 1. The standard InChI is InChI=1S/C27H38N4O3S.C2HF3O2/c1-20-11-15-31(16-12-20)26(32)24-19-22(7-10-25(24)30-17-13-28-14-18-30)29-35(33,34)23-8-5-21(6-9-23)27(2,3)4;3-2(4,5)1(6)7/h5-10,19-20,28-29H,11-18H2,1-4H3;(H,6,7). The van der Waals surface area contributed by atoms with Gasteiger partial charge >= 0.3 is 12.1 Å². The van der Waals surface area contributed by atoms with Crippen molar-refractivity contribution in [1.82, 2.24) is 10.2 Å². The number of halogens is 3. The molecule has 13 heteroatoms. The van der Waals surface area contributed by atoms with Crippen molar-refractivity contribution in [3.8, 4) is 0 Å². The zero-order valence-electron chi connectivity index (χ0n) is 24.3. The van der Waals surface area contributed by atoms with Crippen LogP contribution in [0.25, 0.3) is 0 Å². The fourth-order valence-corrected chi connectivity index (χ4v) is 5.73. The Balaban J connectivity index is 0.000000616. The molecule has 2 aromatic carbocycles. The number of carboxylic acid groups (broad SMARTS) is 1. The van der Waals surface area contributed by atoms with Crippen molar-refractivity contribution >= 4 is 33.3 Å².